The van der Waals surface area contributed by atoms with Gasteiger partial charge in [-0.3, -0.25) is 0 Å². The molecule has 3 heteroatoms. The summed E-state index contributed by atoms with van der Waals surface area (Å²) >= 11 is 0. The Kier molecular flexibility index (Phi) is 2.89. The minimum Gasteiger partial charge on any atom is -0.472 e. The van der Waals surface area contributed by atoms with Crippen LogP contribution >= 0.6 is 0 Å². The Bertz CT molecular complexity index is 261. The summed E-state index contributed by atoms with van der Waals surface area (Å²) in [6, 6.07) is 2.44. The largest absolute Gasteiger partial charge is 0.472 e. The van der Waals surface area contributed by atoms with E-state index in [2.05, 4.69) is 19.2 Å². The van der Waals surface area contributed by atoms with Gasteiger partial charge in [0, 0.05) is 18.2 Å². The third kappa shape index (κ3) is 1.99. The van der Waals surface area contributed by atoms with Crippen LogP contribution in [0.4, 0.5) is 0 Å². The zero-order valence-electron chi connectivity index (χ0n) is 8.69. The molecule has 14 heavy (non-hydrogen) atoms. The molecule has 2 unspecified atom stereocenters. The highest BCUT2D eigenvalue weighted by molar-refractivity contribution is 5.10. The van der Waals surface area contributed by atoms with Crippen LogP contribution in [0.1, 0.15) is 25.5 Å². The molecule has 1 saturated heterocycles. The van der Waals surface area contributed by atoms with Gasteiger partial charge in [0.05, 0.1) is 25.2 Å². The van der Waals surface area contributed by atoms with E-state index in [1.807, 2.05) is 6.07 Å². The molecule has 2 rings (SSSR count). The van der Waals surface area contributed by atoms with Gasteiger partial charge in [0.2, 0.25) is 0 Å². The molecule has 78 valence electrons. The molecular formula is C11H17NO2. The first-order chi connectivity index (χ1) is 6.77. The van der Waals surface area contributed by atoms with Crippen molar-refractivity contribution in [2.24, 2.45) is 5.92 Å². The Labute approximate surface area is 84.4 Å². The van der Waals surface area contributed by atoms with E-state index in [0.717, 1.165) is 18.7 Å². The molecule has 1 N–H and O–H groups in total. The summed E-state index contributed by atoms with van der Waals surface area (Å²) in [5.41, 5.74) is 1.12. The minimum absolute atomic E-state index is 0.156. The summed E-state index contributed by atoms with van der Waals surface area (Å²) in [6.07, 6.45) is 3.60. The molecule has 1 fully saturated rings. The molecule has 1 aromatic heterocycles. The topological polar surface area (TPSA) is 34.4 Å². The predicted molar refractivity (Wildman–Crippen MR) is 54.0 cm³/mol. The van der Waals surface area contributed by atoms with Gasteiger partial charge in [-0.15, -0.1) is 0 Å². The van der Waals surface area contributed by atoms with Crippen molar-refractivity contribution in [3.8, 4) is 0 Å². The van der Waals surface area contributed by atoms with E-state index in [-0.39, 0.29) is 6.10 Å². The van der Waals surface area contributed by atoms with Crippen molar-refractivity contribution in [1.82, 2.24) is 5.32 Å². The van der Waals surface area contributed by atoms with Crippen LogP contribution in [0.15, 0.2) is 23.0 Å². The number of hydrogen-bond acceptors (Lipinski definition) is 3. The molecule has 0 aromatic carbocycles. The van der Waals surface area contributed by atoms with Crippen LogP contribution in [0.2, 0.25) is 0 Å². The number of nitrogens with one attached hydrogen (secondary N) is 1. The lowest BCUT2D eigenvalue weighted by Gasteiger charge is -2.32. The van der Waals surface area contributed by atoms with E-state index in [1.165, 1.54) is 0 Å². The molecule has 1 aliphatic rings. The second-order valence-electron chi connectivity index (χ2n) is 4.14. The van der Waals surface area contributed by atoms with Gasteiger partial charge in [-0.2, -0.15) is 0 Å². The van der Waals surface area contributed by atoms with E-state index in [1.54, 1.807) is 12.5 Å². The van der Waals surface area contributed by atoms with Gasteiger partial charge in [-0.25, -0.2) is 0 Å². The van der Waals surface area contributed by atoms with Crippen LogP contribution in [-0.4, -0.2) is 19.2 Å². The first kappa shape index (κ1) is 9.74. The van der Waals surface area contributed by atoms with Crippen LogP contribution < -0.4 is 5.32 Å². The molecule has 1 aromatic rings. The quantitative estimate of drug-likeness (QED) is 0.783. The number of ether oxygens (including phenoxy) is 1. The first-order valence-corrected chi connectivity index (χ1v) is 5.14. The fraction of sp³-hybridized carbons (Fsp3) is 0.636. The zero-order valence-corrected chi connectivity index (χ0v) is 8.69. The van der Waals surface area contributed by atoms with Crippen molar-refractivity contribution < 1.29 is 9.15 Å². The van der Waals surface area contributed by atoms with Crippen molar-refractivity contribution in [3.05, 3.63) is 24.2 Å². The van der Waals surface area contributed by atoms with Gasteiger partial charge in [-0.1, -0.05) is 13.8 Å². The highest BCUT2D eigenvalue weighted by Crippen LogP contribution is 2.21. The van der Waals surface area contributed by atoms with Crippen LogP contribution in [-0.2, 0) is 4.74 Å². The second kappa shape index (κ2) is 4.15. The second-order valence-corrected chi connectivity index (χ2v) is 4.14. The van der Waals surface area contributed by atoms with Gasteiger partial charge in [0.25, 0.3) is 0 Å². The number of morpholine rings is 1. The van der Waals surface area contributed by atoms with Crippen LogP contribution in [0.25, 0.3) is 0 Å². The summed E-state index contributed by atoms with van der Waals surface area (Å²) in [7, 11) is 0. The Balaban J connectivity index is 1.90. The fourth-order valence-corrected chi connectivity index (χ4v) is 1.70. The number of rotatable bonds is 2. The van der Waals surface area contributed by atoms with E-state index < -0.39 is 0 Å². The smallest absolute Gasteiger partial charge is 0.0980 e. The molecule has 0 saturated carbocycles. The molecule has 3 nitrogen and oxygen atoms in total. The maximum absolute atomic E-state index is 5.77. The molecule has 0 amide bonds. The third-order valence-electron chi connectivity index (χ3n) is 2.76. The molecule has 0 aliphatic carbocycles. The average Bonchev–Trinajstić information content (AvgIpc) is 2.71. The third-order valence-corrected chi connectivity index (χ3v) is 2.76. The van der Waals surface area contributed by atoms with E-state index in [9.17, 15) is 0 Å². The number of hydrogen-bond donors (Lipinski definition) is 1. The van der Waals surface area contributed by atoms with Crippen molar-refractivity contribution in [1.29, 1.82) is 0 Å². The minimum atomic E-state index is 0.156. The van der Waals surface area contributed by atoms with Gasteiger partial charge in [0.1, 0.15) is 0 Å². The highest BCUT2D eigenvalue weighted by Gasteiger charge is 2.24. The molecule has 2 atom stereocenters. The summed E-state index contributed by atoms with van der Waals surface area (Å²) in [5, 5.41) is 3.49. The number of furan rings is 1. The first-order valence-electron chi connectivity index (χ1n) is 5.14. The van der Waals surface area contributed by atoms with Crippen molar-refractivity contribution >= 4 is 0 Å². The lowest BCUT2D eigenvalue weighted by Crippen LogP contribution is -2.45. The summed E-state index contributed by atoms with van der Waals surface area (Å²) in [6.45, 7) is 6.08. The van der Waals surface area contributed by atoms with Crippen molar-refractivity contribution in [2.45, 2.75) is 26.0 Å². The summed E-state index contributed by atoms with van der Waals surface area (Å²) < 4.78 is 10.8. The molecule has 0 bridgehead atoms. The van der Waals surface area contributed by atoms with Crippen LogP contribution in [0, 0.1) is 5.92 Å². The van der Waals surface area contributed by atoms with Gasteiger partial charge in [0.15, 0.2) is 0 Å². The molecule has 0 radical (unpaired) electrons. The maximum Gasteiger partial charge on any atom is 0.0980 e. The molecule has 0 spiro atoms. The van der Waals surface area contributed by atoms with Crippen molar-refractivity contribution in [3.63, 3.8) is 0 Å². The molecule has 2 heterocycles. The lowest BCUT2D eigenvalue weighted by atomic mass is 10.0. The Morgan fingerprint density at radius 1 is 1.50 bits per heavy atom. The lowest BCUT2D eigenvalue weighted by molar-refractivity contribution is -0.00737. The monoisotopic (exact) mass is 195 g/mol. The standard InChI is InChI=1S/C11H17NO2/c1-8(2)10-7-14-11(5-12-10)9-3-4-13-6-9/h3-4,6,8,10-12H,5,7H2,1-2H3. The van der Waals surface area contributed by atoms with E-state index >= 15 is 0 Å². The normalized spacial score (nSPS) is 28.2. The van der Waals surface area contributed by atoms with Crippen molar-refractivity contribution in [2.75, 3.05) is 13.2 Å². The Morgan fingerprint density at radius 2 is 2.36 bits per heavy atom. The van der Waals surface area contributed by atoms with Crippen LogP contribution in [0.5, 0.6) is 0 Å². The van der Waals surface area contributed by atoms with Crippen LogP contribution in [0.3, 0.4) is 0 Å². The van der Waals surface area contributed by atoms with E-state index in [0.29, 0.717) is 12.0 Å². The maximum atomic E-state index is 5.77. The SMILES string of the molecule is CC(C)C1COC(c2ccoc2)CN1. The molecule has 1 aliphatic heterocycles. The van der Waals surface area contributed by atoms with Gasteiger partial charge < -0.3 is 14.5 Å². The van der Waals surface area contributed by atoms with Gasteiger partial charge >= 0.3 is 0 Å². The van der Waals surface area contributed by atoms with E-state index in [4.69, 9.17) is 9.15 Å². The zero-order chi connectivity index (χ0) is 9.97. The Morgan fingerprint density at radius 3 is 2.86 bits per heavy atom. The van der Waals surface area contributed by atoms with Gasteiger partial charge in [-0.05, 0) is 12.0 Å². The predicted octanol–water partition coefficient (Wildman–Crippen LogP) is 1.97. The fourth-order valence-electron chi connectivity index (χ4n) is 1.70. The molecular weight excluding hydrogens is 178 g/mol. The summed E-state index contributed by atoms with van der Waals surface area (Å²) in [5.74, 6) is 0.625. The highest BCUT2D eigenvalue weighted by atomic mass is 16.5. The summed E-state index contributed by atoms with van der Waals surface area (Å²) in [4.78, 5) is 0. The average molecular weight is 195 g/mol. The Hall–Kier alpha value is -0.800.